The maximum absolute atomic E-state index is 10.6. The van der Waals surface area contributed by atoms with Gasteiger partial charge in [0.25, 0.3) is 5.69 Å². The predicted molar refractivity (Wildman–Crippen MR) is 56.2 cm³/mol. The first-order chi connectivity index (χ1) is 7.18. The molecule has 2 rings (SSSR count). The van der Waals surface area contributed by atoms with E-state index in [1.165, 1.54) is 18.2 Å². The number of benzene rings is 1. The molecule has 1 saturated heterocycles. The zero-order chi connectivity index (χ0) is 10.8. The van der Waals surface area contributed by atoms with Gasteiger partial charge in [0.05, 0.1) is 10.6 Å². The number of nitro groups is 1. The highest BCUT2D eigenvalue weighted by atomic mass is 16.6. The van der Waals surface area contributed by atoms with Crippen molar-refractivity contribution in [3.05, 3.63) is 28.3 Å². The van der Waals surface area contributed by atoms with E-state index in [9.17, 15) is 15.2 Å². The van der Waals surface area contributed by atoms with Crippen LogP contribution in [0.4, 0.5) is 11.4 Å². The van der Waals surface area contributed by atoms with Crippen LogP contribution in [0.15, 0.2) is 18.2 Å². The Morgan fingerprint density at radius 2 is 2.00 bits per heavy atom. The molecule has 1 fully saturated rings. The number of rotatable bonds is 2. The van der Waals surface area contributed by atoms with Gasteiger partial charge in [-0.05, 0) is 18.9 Å². The summed E-state index contributed by atoms with van der Waals surface area (Å²) in [5.41, 5.74) is 0.594. The number of hydrogen-bond acceptors (Lipinski definition) is 4. The van der Waals surface area contributed by atoms with Crippen LogP contribution in [0.2, 0.25) is 0 Å². The molecule has 1 aliphatic heterocycles. The highest BCUT2D eigenvalue weighted by molar-refractivity contribution is 5.62. The molecule has 5 heteroatoms. The number of nitro benzene ring substituents is 1. The summed E-state index contributed by atoms with van der Waals surface area (Å²) in [6.45, 7) is 1.71. The van der Waals surface area contributed by atoms with Crippen molar-refractivity contribution in [1.82, 2.24) is 0 Å². The van der Waals surface area contributed by atoms with Crippen molar-refractivity contribution in [3.8, 4) is 5.75 Å². The lowest BCUT2D eigenvalue weighted by Gasteiger charge is -2.18. The summed E-state index contributed by atoms with van der Waals surface area (Å²) in [4.78, 5) is 12.1. The molecule has 0 amide bonds. The van der Waals surface area contributed by atoms with E-state index in [-0.39, 0.29) is 11.4 Å². The summed E-state index contributed by atoms with van der Waals surface area (Å²) >= 11 is 0. The molecule has 80 valence electrons. The van der Waals surface area contributed by atoms with Gasteiger partial charge in [0, 0.05) is 25.2 Å². The largest absolute Gasteiger partial charge is 0.506 e. The molecule has 0 saturated carbocycles. The Morgan fingerprint density at radius 1 is 1.33 bits per heavy atom. The van der Waals surface area contributed by atoms with Crippen LogP contribution in [0.5, 0.6) is 5.75 Å². The minimum atomic E-state index is -0.445. The van der Waals surface area contributed by atoms with E-state index in [4.69, 9.17) is 0 Å². The van der Waals surface area contributed by atoms with Gasteiger partial charge in [-0.15, -0.1) is 0 Å². The summed E-state index contributed by atoms with van der Waals surface area (Å²) < 4.78 is 0. The van der Waals surface area contributed by atoms with Gasteiger partial charge in [-0.2, -0.15) is 0 Å². The normalized spacial score (nSPS) is 15.6. The Labute approximate surface area is 87.1 Å². The molecule has 0 aromatic heterocycles. The van der Waals surface area contributed by atoms with Gasteiger partial charge in [-0.1, -0.05) is 0 Å². The molecular formula is C10H12N2O3. The number of phenols is 1. The summed E-state index contributed by atoms with van der Waals surface area (Å²) in [7, 11) is 0. The molecule has 1 N–H and O–H groups in total. The van der Waals surface area contributed by atoms with E-state index in [1.54, 1.807) is 0 Å². The Balaban J connectivity index is 2.35. The van der Waals surface area contributed by atoms with Gasteiger partial charge in [-0.3, -0.25) is 10.1 Å². The second-order valence-electron chi connectivity index (χ2n) is 3.62. The van der Waals surface area contributed by atoms with Gasteiger partial charge in [0.1, 0.15) is 5.75 Å². The first kappa shape index (κ1) is 9.76. The smallest absolute Gasteiger partial charge is 0.271 e. The van der Waals surface area contributed by atoms with Gasteiger partial charge < -0.3 is 10.0 Å². The molecule has 0 bridgehead atoms. The molecule has 0 spiro atoms. The van der Waals surface area contributed by atoms with Crippen molar-refractivity contribution in [2.75, 3.05) is 18.0 Å². The summed E-state index contributed by atoms with van der Waals surface area (Å²) in [6.07, 6.45) is 2.14. The molecule has 0 unspecified atom stereocenters. The monoisotopic (exact) mass is 208 g/mol. The summed E-state index contributed by atoms with van der Waals surface area (Å²) in [5.74, 6) is 0.113. The Hall–Kier alpha value is -1.78. The van der Waals surface area contributed by atoms with E-state index >= 15 is 0 Å². The van der Waals surface area contributed by atoms with Crippen LogP contribution in [-0.4, -0.2) is 23.1 Å². The van der Waals surface area contributed by atoms with Gasteiger partial charge in [0.2, 0.25) is 0 Å². The van der Waals surface area contributed by atoms with Crippen molar-refractivity contribution >= 4 is 11.4 Å². The SMILES string of the molecule is O=[N+]([O-])c1ccc(O)c(N2CCCC2)c1. The average Bonchev–Trinajstić information content (AvgIpc) is 2.71. The average molecular weight is 208 g/mol. The van der Waals surface area contributed by atoms with Crippen molar-refractivity contribution in [1.29, 1.82) is 0 Å². The molecule has 15 heavy (non-hydrogen) atoms. The highest BCUT2D eigenvalue weighted by Crippen LogP contribution is 2.33. The van der Waals surface area contributed by atoms with Crippen LogP contribution in [0.3, 0.4) is 0 Å². The quantitative estimate of drug-likeness (QED) is 0.595. The molecule has 1 aromatic carbocycles. The highest BCUT2D eigenvalue weighted by Gasteiger charge is 2.18. The molecule has 0 aliphatic carbocycles. The fourth-order valence-corrected chi connectivity index (χ4v) is 1.84. The first-order valence-corrected chi connectivity index (χ1v) is 4.91. The van der Waals surface area contributed by atoms with E-state index in [0.717, 1.165) is 25.9 Å². The van der Waals surface area contributed by atoms with Gasteiger partial charge in [-0.25, -0.2) is 0 Å². The third-order valence-corrected chi connectivity index (χ3v) is 2.62. The van der Waals surface area contributed by atoms with Crippen LogP contribution < -0.4 is 4.90 Å². The zero-order valence-electron chi connectivity index (χ0n) is 8.22. The standard InChI is InChI=1S/C10H12N2O3/c13-10-4-3-8(12(14)15)7-9(10)11-5-1-2-6-11/h3-4,7,13H,1-2,5-6H2. The Morgan fingerprint density at radius 3 is 2.60 bits per heavy atom. The maximum atomic E-state index is 10.6. The van der Waals surface area contributed by atoms with Gasteiger partial charge in [0.15, 0.2) is 0 Å². The second-order valence-corrected chi connectivity index (χ2v) is 3.62. The molecule has 1 aliphatic rings. The second kappa shape index (κ2) is 3.76. The summed E-state index contributed by atoms with van der Waals surface area (Å²) in [5, 5.41) is 20.2. The minimum Gasteiger partial charge on any atom is -0.506 e. The summed E-state index contributed by atoms with van der Waals surface area (Å²) in [6, 6.07) is 4.13. The molecule has 1 aromatic rings. The third-order valence-electron chi connectivity index (χ3n) is 2.62. The predicted octanol–water partition coefficient (Wildman–Crippen LogP) is 1.90. The van der Waals surface area contributed by atoms with Crippen molar-refractivity contribution in [2.45, 2.75) is 12.8 Å². The lowest BCUT2D eigenvalue weighted by atomic mass is 10.2. The van der Waals surface area contributed by atoms with Crippen LogP contribution in [-0.2, 0) is 0 Å². The number of non-ortho nitro benzene ring substituents is 1. The topological polar surface area (TPSA) is 66.6 Å². The molecule has 1 heterocycles. The first-order valence-electron chi connectivity index (χ1n) is 4.91. The van der Waals surface area contributed by atoms with E-state index in [0.29, 0.717) is 5.69 Å². The van der Waals surface area contributed by atoms with Crippen LogP contribution in [0, 0.1) is 10.1 Å². The maximum Gasteiger partial charge on any atom is 0.271 e. The fraction of sp³-hybridized carbons (Fsp3) is 0.400. The number of anilines is 1. The lowest BCUT2D eigenvalue weighted by molar-refractivity contribution is -0.384. The minimum absolute atomic E-state index is 0.0229. The van der Waals surface area contributed by atoms with Crippen molar-refractivity contribution < 1.29 is 10.0 Å². The number of aromatic hydroxyl groups is 1. The van der Waals surface area contributed by atoms with E-state index in [2.05, 4.69) is 0 Å². The van der Waals surface area contributed by atoms with Crippen LogP contribution in [0.25, 0.3) is 0 Å². The van der Waals surface area contributed by atoms with E-state index in [1.807, 2.05) is 4.90 Å². The fourth-order valence-electron chi connectivity index (χ4n) is 1.84. The number of phenolic OH excluding ortho intramolecular Hbond substituents is 1. The molecule has 5 nitrogen and oxygen atoms in total. The van der Waals surface area contributed by atoms with Crippen LogP contribution in [0.1, 0.15) is 12.8 Å². The van der Waals surface area contributed by atoms with Crippen molar-refractivity contribution in [3.63, 3.8) is 0 Å². The molecular weight excluding hydrogens is 196 g/mol. The van der Waals surface area contributed by atoms with Crippen LogP contribution >= 0.6 is 0 Å². The zero-order valence-corrected chi connectivity index (χ0v) is 8.22. The number of nitrogens with zero attached hydrogens (tertiary/aromatic N) is 2. The third kappa shape index (κ3) is 1.86. The lowest BCUT2D eigenvalue weighted by Crippen LogP contribution is -2.17. The Kier molecular flexibility index (Phi) is 2.45. The van der Waals surface area contributed by atoms with Crippen molar-refractivity contribution in [2.24, 2.45) is 0 Å². The number of hydrogen-bond donors (Lipinski definition) is 1. The molecule has 0 atom stereocenters. The Bertz CT molecular complexity index is 386. The molecule has 0 radical (unpaired) electrons. The van der Waals surface area contributed by atoms with E-state index < -0.39 is 4.92 Å². The van der Waals surface area contributed by atoms with Gasteiger partial charge >= 0.3 is 0 Å².